The first-order chi connectivity index (χ1) is 10.8. The summed E-state index contributed by atoms with van der Waals surface area (Å²) in [5.41, 5.74) is 4.21. The Labute approximate surface area is 132 Å². The molecular weight excluding hydrogens is 311 g/mol. The minimum Gasteiger partial charge on any atom is -0.410 e. The van der Waals surface area contributed by atoms with E-state index in [1.807, 2.05) is 4.90 Å². The number of hydrogen-bond donors (Lipinski definition) is 1. The van der Waals surface area contributed by atoms with Crippen LogP contribution in [0, 0.1) is 0 Å². The molecule has 1 fully saturated rings. The summed E-state index contributed by atoms with van der Waals surface area (Å²) in [5.74, 6) is -0.204. The predicted octanol–water partition coefficient (Wildman–Crippen LogP) is 2.30. The molecule has 0 atom stereocenters. The molecule has 23 heavy (non-hydrogen) atoms. The van der Waals surface area contributed by atoms with Crippen LogP contribution in [0.3, 0.4) is 0 Å². The summed E-state index contributed by atoms with van der Waals surface area (Å²) in [6.07, 6.45) is -5.65. The van der Waals surface area contributed by atoms with E-state index in [1.165, 1.54) is 12.1 Å². The van der Waals surface area contributed by atoms with Crippen LogP contribution >= 0.6 is 0 Å². The van der Waals surface area contributed by atoms with Gasteiger partial charge in [-0.05, 0) is 24.2 Å². The van der Waals surface area contributed by atoms with Crippen molar-refractivity contribution in [2.24, 2.45) is 5.73 Å². The molecule has 2 N–H and O–H groups in total. The second-order valence-corrected chi connectivity index (χ2v) is 5.45. The highest BCUT2D eigenvalue weighted by Crippen LogP contribution is 2.35. The van der Waals surface area contributed by atoms with Crippen molar-refractivity contribution in [2.45, 2.75) is 19.6 Å². The number of amides is 1. The number of nitrogens with two attached hydrogens (primary N) is 1. The molecular formula is C15H20F3N3O2. The monoisotopic (exact) mass is 331 g/mol. The molecule has 1 heterocycles. The molecule has 0 aromatic heterocycles. The Kier molecular flexibility index (Phi) is 5.48. The average Bonchev–Trinajstić information content (AvgIpc) is 2.48. The molecule has 0 spiro atoms. The number of halogens is 3. The number of rotatable bonds is 4. The van der Waals surface area contributed by atoms with Crippen LogP contribution in [0.15, 0.2) is 18.2 Å². The van der Waals surface area contributed by atoms with Crippen molar-refractivity contribution in [3.8, 4) is 5.75 Å². The Morgan fingerprint density at radius 3 is 2.35 bits per heavy atom. The average molecular weight is 331 g/mol. The highest BCUT2D eigenvalue weighted by Gasteiger charge is 2.34. The van der Waals surface area contributed by atoms with Crippen LogP contribution in [0.25, 0.3) is 0 Å². The van der Waals surface area contributed by atoms with Gasteiger partial charge >= 0.3 is 12.3 Å². The number of alkyl halides is 3. The van der Waals surface area contributed by atoms with Crippen molar-refractivity contribution in [3.05, 3.63) is 29.3 Å². The van der Waals surface area contributed by atoms with E-state index in [4.69, 9.17) is 5.73 Å². The summed E-state index contributed by atoms with van der Waals surface area (Å²) < 4.78 is 44.3. The molecule has 1 saturated heterocycles. The van der Waals surface area contributed by atoms with E-state index in [9.17, 15) is 18.0 Å². The van der Waals surface area contributed by atoms with E-state index < -0.39 is 17.8 Å². The molecule has 1 aromatic rings. The fraction of sp³-hybridized carbons (Fsp3) is 0.533. The Morgan fingerprint density at radius 1 is 1.22 bits per heavy atom. The molecule has 0 unspecified atom stereocenters. The lowest BCUT2D eigenvalue weighted by Gasteiger charge is -2.34. The first kappa shape index (κ1) is 17.6. The van der Waals surface area contributed by atoms with Crippen LogP contribution < -0.4 is 10.5 Å². The molecule has 1 aromatic carbocycles. The number of carbonyl (C=O) groups is 1. The number of ether oxygens (including phenoxy) is 1. The maximum atomic E-state index is 13.2. The molecule has 0 radical (unpaired) electrons. The van der Waals surface area contributed by atoms with Crippen LogP contribution in [-0.2, 0) is 12.7 Å². The summed E-state index contributed by atoms with van der Waals surface area (Å²) >= 11 is 0. The van der Waals surface area contributed by atoms with Gasteiger partial charge in [-0.2, -0.15) is 13.2 Å². The van der Waals surface area contributed by atoms with Crippen LogP contribution in [0.1, 0.15) is 18.1 Å². The topological polar surface area (TPSA) is 58.8 Å². The molecule has 1 aliphatic rings. The van der Waals surface area contributed by atoms with E-state index in [-0.39, 0.29) is 17.9 Å². The fourth-order valence-corrected chi connectivity index (χ4v) is 2.64. The van der Waals surface area contributed by atoms with Gasteiger partial charge in [0.2, 0.25) is 0 Å². The largest absolute Gasteiger partial charge is 0.416 e. The van der Waals surface area contributed by atoms with Crippen molar-refractivity contribution >= 4 is 6.09 Å². The number of nitrogens with zero attached hydrogens (tertiary/aromatic N) is 2. The van der Waals surface area contributed by atoms with Gasteiger partial charge in [0.25, 0.3) is 0 Å². The van der Waals surface area contributed by atoms with Crippen molar-refractivity contribution in [1.29, 1.82) is 0 Å². The van der Waals surface area contributed by atoms with Gasteiger partial charge in [0, 0.05) is 32.7 Å². The Balaban J connectivity index is 2.16. The van der Waals surface area contributed by atoms with Gasteiger partial charge in [0.05, 0.1) is 5.56 Å². The van der Waals surface area contributed by atoms with Gasteiger partial charge in [-0.15, -0.1) is 0 Å². The van der Waals surface area contributed by atoms with E-state index in [2.05, 4.69) is 16.6 Å². The first-order valence-electron chi connectivity index (χ1n) is 7.41. The third-order valence-electron chi connectivity index (χ3n) is 3.91. The van der Waals surface area contributed by atoms with Gasteiger partial charge < -0.3 is 15.4 Å². The van der Waals surface area contributed by atoms with Gasteiger partial charge in [0.15, 0.2) is 0 Å². The standard InChI is InChI=1S/C15H20F3N3O2/c1-2-20-5-7-21(8-6-20)10-11-3-4-12(23-14(19)22)9-13(11)15(16,17)18/h3-4,9H,2,5-8,10H2,1H3,(H2,19,22). The van der Waals surface area contributed by atoms with E-state index in [0.29, 0.717) is 0 Å². The quantitative estimate of drug-likeness (QED) is 0.920. The lowest BCUT2D eigenvalue weighted by molar-refractivity contribution is -0.138. The van der Waals surface area contributed by atoms with E-state index in [1.54, 1.807) is 0 Å². The van der Waals surface area contributed by atoms with Crippen molar-refractivity contribution in [3.63, 3.8) is 0 Å². The number of primary amides is 1. The second kappa shape index (κ2) is 7.18. The molecule has 0 saturated carbocycles. The molecule has 1 aliphatic heterocycles. The van der Waals surface area contributed by atoms with E-state index >= 15 is 0 Å². The van der Waals surface area contributed by atoms with Crippen molar-refractivity contribution in [2.75, 3.05) is 32.7 Å². The van der Waals surface area contributed by atoms with Crippen LogP contribution in [-0.4, -0.2) is 48.6 Å². The molecule has 1 amide bonds. The molecule has 2 rings (SSSR count). The molecule has 5 nitrogen and oxygen atoms in total. The number of hydrogen-bond acceptors (Lipinski definition) is 4. The lowest BCUT2D eigenvalue weighted by Crippen LogP contribution is -2.45. The summed E-state index contributed by atoms with van der Waals surface area (Å²) in [6, 6.07) is 3.49. The summed E-state index contributed by atoms with van der Waals surface area (Å²) in [4.78, 5) is 14.9. The summed E-state index contributed by atoms with van der Waals surface area (Å²) in [7, 11) is 0. The smallest absolute Gasteiger partial charge is 0.410 e. The SMILES string of the molecule is CCN1CCN(Cc2ccc(OC(N)=O)cc2C(F)(F)F)CC1. The predicted molar refractivity (Wildman–Crippen MR) is 79.0 cm³/mol. The number of likely N-dealkylation sites (N-methyl/N-ethyl adjacent to an activating group) is 1. The first-order valence-corrected chi connectivity index (χ1v) is 7.41. The summed E-state index contributed by atoms with van der Waals surface area (Å²) in [6.45, 7) is 6.37. The Hall–Kier alpha value is -1.80. The molecule has 0 bridgehead atoms. The van der Waals surface area contributed by atoms with Gasteiger partial charge in [-0.3, -0.25) is 4.90 Å². The third-order valence-corrected chi connectivity index (χ3v) is 3.91. The zero-order valence-corrected chi connectivity index (χ0v) is 12.9. The van der Waals surface area contributed by atoms with Gasteiger partial charge in [-0.25, -0.2) is 4.79 Å². The van der Waals surface area contributed by atoms with Crippen LogP contribution in [0.2, 0.25) is 0 Å². The number of piperazine rings is 1. The van der Waals surface area contributed by atoms with Crippen LogP contribution in [0.4, 0.5) is 18.0 Å². The summed E-state index contributed by atoms with van der Waals surface area (Å²) in [5, 5.41) is 0. The van der Waals surface area contributed by atoms with E-state index in [0.717, 1.165) is 38.8 Å². The van der Waals surface area contributed by atoms with Crippen molar-refractivity contribution < 1.29 is 22.7 Å². The van der Waals surface area contributed by atoms with Crippen molar-refractivity contribution in [1.82, 2.24) is 9.80 Å². The number of carbonyl (C=O) groups excluding carboxylic acids is 1. The second-order valence-electron chi connectivity index (χ2n) is 5.45. The van der Waals surface area contributed by atoms with Crippen LogP contribution in [0.5, 0.6) is 5.75 Å². The maximum Gasteiger partial charge on any atom is 0.416 e. The van der Waals surface area contributed by atoms with Gasteiger partial charge in [0.1, 0.15) is 5.75 Å². The Morgan fingerprint density at radius 2 is 1.83 bits per heavy atom. The molecule has 128 valence electrons. The maximum absolute atomic E-state index is 13.2. The normalized spacial score (nSPS) is 17.2. The zero-order valence-electron chi connectivity index (χ0n) is 12.9. The highest BCUT2D eigenvalue weighted by molar-refractivity contribution is 5.68. The zero-order chi connectivity index (χ0) is 17.0. The van der Waals surface area contributed by atoms with Gasteiger partial charge in [-0.1, -0.05) is 13.0 Å². The molecule has 0 aliphatic carbocycles. The Bertz CT molecular complexity index is 555. The molecule has 8 heteroatoms. The lowest BCUT2D eigenvalue weighted by atomic mass is 10.1. The third kappa shape index (κ3) is 4.84. The highest BCUT2D eigenvalue weighted by atomic mass is 19.4. The fourth-order valence-electron chi connectivity index (χ4n) is 2.64. The minimum absolute atomic E-state index is 0.166. The number of benzene rings is 1. The minimum atomic E-state index is -4.52.